The normalized spacial score (nSPS) is 21.3. The molecule has 0 spiro atoms. The molecule has 5 heteroatoms. The highest BCUT2D eigenvalue weighted by Crippen LogP contribution is 2.10. The number of nitrogens with one attached hydrogen (secondary N) is 1. The fraction of sp³-hybridized carbons (Fsp3) is 0.700. The summed E-state index contributed by atoms with van der Waals surface area (Å²) in [5.74, 6) is 0.699. The summed E-state index contributed by atoms with van der Waals surface area (Å²) in [5.41, 5.74) is 0. The van der Waals surface area contributed by atoms with Crippen LogP contribution >= 0.6 is 0 Å². The Bertz CT molecular complexity index is 283. The van der Waals surface area contributed by atoms with E-state index in [9.17, 15) is 0 Å². The number of aromatic nitrogens is 3. The Morgan fingerprint density at radius 2 is 2.40 bits per heavy atom. The van der Waals surface area contributed by atoms with Crippen LogP contribution in [0, 0.1) is 0 Å². The predicted molar refractivity (Wildman–Crippen MR) is 58.7 cm³/mol. The van der Waals surface area contributed by atoms with E-state index in [-0.39, 0.29) is 0 Å². The van der Waals surface area contributed by atoms with E-state index in [0.29, 0.717) is 12.0 Å². The van der Waals surface area contributed by atoms with Crippen LogP contribution < -0.4 is 10.2 Å². The quantitative estimate of drug-likeness (QED) is 0.780. The zero-order valence-electron chi connectivity index (χ0n) is 9.06. The summed E-state index contributed by atoms with van der Waals surface area (Å²) in [6.45, 7) is 2.08. The summed E-state index contributed by atoms with van der Waals surface area (Å²) in [4.78, 5) is 6.22. The Balaban J connectivity index is 1.88. The minimum atomic E-state index is 0.563. The molecule has 0 amide bonds. The molecule has 82 valence electrons. The predicted octanol–water partition coefficient (Wildman–Crippen LogP) is 0.450. The van der Waals surface area contributed by atoms with Gasteiger partial charge in [0, 0.05) is 19.6 Å². The van der Waals surface area contributed by atoms with Gasteiger partial charge in [-0.25, -0.2) is 4.98 Å². The van der Waals surface area contributed by atoms with Gasteiger partial charge in [0.2, 0.25) is 5.95 Å². The molecule has 5 nitrogen and oxygen atoms in total. The Morgan fingerprint density at radius 1 is 1.47 bits per heavy atom. The number of nitrogens with zero attached hydrogens (tertiary/aromatic N) is 4. The summed E-state index contributed by atoms with van der Waals surface area (Å²) in [6.07, 6.45) is 7.12. The number of piperidine rings is 1. The van der Waals surface area contributed by atoms with Gasteiger partial charge in [0.25, 0.3) is 0 Å². The summed E-state index contributed by atoms with van der Waals surface area (Å²) in [6, 6.07) is 0.563. The van der Waals surface area contributed by atoms with Crippen molar-refractivity contribution in [2.45, 2.75) is 25.3 Å². The number of rotatable bonds is 3. The van der Waals surface area contributed by atoms with Crippen molar-refractivity contribution in [1.29, 1.82) is 0 Å². The first-order valence-corrected chi connectivity index (χ1v) is 5.44. The largest absolute Gasteiger partial charge is 0.341 e. The molecule has 1 N–H and O–H groups in total. The highest BCUT2D eigenvalue weighted by molar-refractivity contribution is 5.25. The summed E-state index contributed by atoms with van der Waals surface area (Å²) >= 11 is 0. The molecule has 1 aromatic rings. The Morgan fingerprint density at radius 3 is 3.07 bits per heavy atom. The molecule has 1 aliphatic heterocycles. The second kappa shape index (κ2) is 5.02. The average molecular weight is 207 g/mol. The number of anilines is 1. The third-order valence-corrected chi connectivity index (χ3v) is 2.72. The zero-order valence-corrected chi connectivity index (χ0v) is 9.06. The van der Waals surface area contributed by atoms with Crippen molar-refractivity contribution in [3.63, 3.8) is 0 Å². The Labute approximate surface area is 89.9 Å². The van der Waals surface area contributed by atoms with Gasteiger partial charge in [-0.05, 0) is 19.4 Å². The smallest absolute Gasteiger partial charge is 0.245 e. The van der Waals surface area contributed by atoms with Crippen molar-refractivity contribution in [2.24, 2.45) is 0 Å². The lowest BCUT2D eigenvalue weighted by atomic mass is 10.1. The van der Waals surface area contributed by atoms with Crippen LogP contribution in [0.1, 0.15) is 19.3 Å². The van der Waals surface area contributed by atoms with Gasteiger partial charge in [-0.1, -0.05) is 6.42 Å². The van der Waals surface area contributed by atoms with Gasteiger partial charge in [-0.3, -0.25) is 0 Å². The second-order valence-electron chi connectivity index (χ2n) is 3.97. The molecule has 0 bridgehead atoms. The number of hydrogen-bond donors (Lipinski definition) is 1. The van der Waals surface area contributed by atoms with Gasteiger partial charge in [0.15, 0.2) is 0 Å². The molecule has 2 heterocycles. The van der Waals surface area contributed by atoms with Crippen molar-refractivity contribution in [3.8, 4) is 0 Å². The molecule has 1 atom stereocenters. The van der Waals surface area contributed by atoms with Gasteiger partial charge in [0.05, 0.1) is 12.4 Å². The third-order valence-electron chi connectivity index (χ3n) is 2.72. The van der Waals surface area contributed by atoms with Crippen molar-refractivity contribution >= 4 is 5.95 Å². The first-order chi connectivity index (χ1) is 7.36. The molecule has 0 aromatic carbocycles. The Kier molecular flexibility index (Phi) is 3.45. The van der Waals surface area contributed by atoms with E-state index in [0.717, 1.165) is 13.1 Å². The highest BCUT2D eigenvalue weighted by atomic mass is 15.3. The van der Waals surface area contributed by atoms with Crippen LogP contribution in [0.3, 0.4) is 0 Å². The van der Waals surface area contributed by atoms with E-state index < -0.39 is 0 Å². The summed E-state index contributed by atoms with van der Waals surface area (Å²) in [5, 5.41) is 11.3. The van der Waals surface area contributed by atoms with E-state index >= 15 is 0 Å². The first-order valence-electron chi connectivity index (χ1n) is 5.44. The lowest BCUT2D eigenvalue weighted by Crippen LogP contribution is -2.42. The lowest BCUT2D eigenvalue weighted by Gasteiger charge is -2.27. The third kappa shape index (κ3) is 2.86. The van der Waals surface area contributed by atoms with E-state index in [1.165, 1.54) is 19.3 Å². The van der Waals surface area contributed by atoms with Crippen molar-refractivity contribution in [3.05, 3.63) is 12.4 Å². The molecule has 0 aliphatic carbocycles. The van der Waals surface area contributed by atoms with Crippen LogP contribution in [-0.4, -0.2) is 41.4 Å². The van der Waals surface area contributed by atoms with Crippen LogP contribution in [0.4, 0.5) is 5.95 Å². The fourth-order valence-electron chi connectivity index (χ4n) is 1.91. The minimum absolute atomic E-state index is 0.563. The van der Waals surface area contributed by atoms with E-state index in [1.807, 2.05) is 7.05 Å². The SMILES string of the molecule is CN(CC1CCCCN1)c1nccnn1. The molecule has 1 unspecified atom stereocenters. The van der Waals surface area contributed by atoms with Crippen molar-refractivity contribution < 1.29 is 0 Å². The van der Waals surface area contributed by atoms with Gasteiger partial charge in [-0.15, -0.1) is 5.10 Å². The van der Waals surface area contributed by atoms with E-state index in [2.05, 4.69) is 25.4 Å². The van der Waals surface area contributed by atoms with Gasteiger partial charge in [0.1, 0.15) is 0 Å². The van der Waals surface area contributed by atoms with Crippen LogP contribution in [0.25, 0.3) is 0 Å². The molecular formula is C10H17N5. The van der Waals surface area contributed by atoms with Crippen LogP contribution in [0.5, 0.6) is 0 Å². The Hall–Kier alpha value is -1.23. The maximum Gasteiger partial charge on any atom is 0.245 e. The highest BCUT2D eigenvalue weighted by Gasteiger charge is 2.15. The maximum atomic E-state index is 4.17. The van der Waals surface area contributed by atoms with Crippen LogP contribution in [0.15, 0.2) is 12.4 Å². The number of likely N-dealkylation sites (N-methyl/N-ethyl adjacent to an activating group) is 1. The average Bonchev–Trinajstić information content (AvgIpc) is 2.31. The van der Waals surface area contributed by atoms with Crippen LogP contribution in [0.2, 0.25) is 0 Å². The minimum Gasteiger partial charge on any atom is -0.341 e. The monoisotopic (exact) mass is 207 g/mol. The molecule has 15 heavy (non-hydrogen) atoms. The second-order valence-corrected chi connectivity index (χ2v) is 3.97. The molecule has 1 aromatic heterocycles. The molecule has 2 rings (SSSR count). The van der Waals surface area contributed by atoms with Gasteiger partial charge >= 0.3 is 0 Å². The van der Waals surface area contributed by atoms with Gasteiger partial charge in [-0.2, -0.15) is 5.10 Å². The lowest BCUT2D eigenvalue weighted by molar-refractivity contribution is 0.402. The summed E-state index contributed by atoms with van der Waals surface area (Å²) < 4.78 is 0. The van der Waals surface area contributed by atoms with Crippen molar-refractivity contribution in [2.75, 3.05) is 25.0 Å². The van der Waals surface area contributed by atoms with Crippen LogP contribution in [-0.2, 0) is 0 Å². The van der Waals surface area contributed by atoms with E-state index in [4.69, 9.17) is 0 Å². The topological polar surface area (TPSA) is 53.9 Å². The van der Waals surface area contributed by atoms with Crippen molar-refractivity contribution in [1.82, 2.24) is 20.5 Å². The molecule has 1 fully saturated rings. The maximum absolute atomic E-state index is 4.17. The van der Waals surface area contributed by atoms with E-state index in [1.54, 1.807) is 12.4 Å². The zero-order chi connectivity index (χ0) is 10.5. The molecule has 1 saturated heterocycles. The molecule has 1 aliphatic rings. The molecular weight excluding hydrogens is 190 g/mol. The molecule has 0 saturated carbocycles. The standard InChI is InChI=1S/C10H17N5/c1-15(10-12-6-7-13-14-10)8-9-4-2-3-5-11-9/h6-7,9,11H,2-5,8H2,1H3. The summed E-state index contributed by atoms with van der Waals surface area (Å²) in [7, 11) is 2.01. The molecule has 0 radical (unpaired) electrons. The van der Waals surface area contributed by atoms with Gasteiger partial charge < -0.3 is 10.2 Å². The fourth-order valence-corrected chi connectivity index (χ4v) is 1.91. The first kappa shape index (κ1) is 10.3. The number of hydrogen-bond acceptors (Lipinski definition) is 5.